The molecule has 0 spiro atoms. The van der Waals surface area contributed by atoms with Crippen LogP contribution in [-0.4, -0.2) is 0 Å². The first kappa shape index (κ1) is 60.2. The summed E-state index contributed by atoms with van der Waals surface area (Å²) in [6, 6.07) is 0. The van der Waals surface area contributed by atoms with Crippen molar-refractivity contribution in [3.63, 3.8) is 0 Å². The Kier molecular flexibility index (Phi) is 20.8. The molecular weight excluding hydrogens is 1470 g/mol. The quantitative estimate of drug-likeness (QED) is 0.0675. The van der Waals surface area contributed by atoms with Crippen molar-refractivity contribution in [2.45, 2.75) is 5.92 Å². The maximum absolute atomic E-state index is 7.09. The fourth-order valence-electron chi connectivity index (χ4n) is 6.31. The van der Waals surface area contributed by atoms with Gasteiger partial charge in [0.25, 0.3) is 0 Å². The molecular formula is C40HCl28. The Morgan fingerprint density at radius 2 is 0.338 bits per heavy atom. The van der Waals surface area contributed by atoms with E-state index in [9.17, 15) is 0 Å². The minimum absolute atomic E-state index is 0.101. The fraction of sp³-hybridized carbons (Fsp3) is 0.0250. The number of hydrogen-bond acceptors (Lipinski definition) is 0. The lowest BCUT2D eigenvalue weighted by Crippen LogP contribution is -2.12. The van der Waals surface area contributed by atoms with E-state index >= 15 is 0 Å². The van der Waals surface area contributed by atoms with Crippen LogP contribution in [0.4, 0.5) is 0 Å². The molecule has 0 atom stereocenters. The number of halogens is 28. The van der Waals surface area contributed by atoms with E-state index in [1.807, 2.05) is 0 Å². The third-order valence-electron chi connectivity index (χ3n) is 9.40. The number of rotatable bonds is 6. The van der Waals surface area contributed by atoms with Crippen molar-refractivity contribution in [2.24, 2.45) is 0 Å². The molecule has 0 unspecified atom stereocenters. The summed E-state index contributed by atoms with van der Waals surface area (Å²) >= 11 is 188. The van der Waals surface area contributed by atoms with Gasteiger partial charge in [0, 0.05) is 39.3 Å². The largest absolute Gasteiger partial charge is 0.0823 e. The molecule has 6 rings (SSSR count). The zero-order chi connectivity index (χ0) is 51.4. The van der Waals surface area contributed by atoms with E-state index in [-0.39, 0.29) is 191 Å². The van der Waals surface area contributed by atoms with Gasteiger partial charge >= 0.3 is 0 Å². The highest BCUT2D eigenvalue weighted by Crippen LogP contribution is 2.60. The van der Waals surface area contributed by atoms with Crippen LogP contribution in [0.3, 0.4) is 0 Å². The molecule has 0 aliphatic carbocycles. The van der Waals surface area contributed by atoms with Crippen LogP contribution in [-0.2, 0) is 0 Å². The highest BCUT2D eigenvalue weighted by molar-refractivity contribution is 6.60. The van der Waals surface area contributed by atoms with Gasteiger partial charge in [0.15, 0.2) is 0 Å². The van der Waals surface area contributed by atoms with Crippen LogP contribution >= 0.6 is 325 Å². The highest BCUT2D eigenvalue weighted by atomic mass is 35.5. The van der Waals surface area contributed by atoms with Crippen molar-refractivity contribution in [2.75, 3.05) is 0 Å². The van der Waals surface area contributed by atoms with Crippen LogP contribution in [0.15, 0.2) is 0 Å². The highest BCUT2D eigenvalue weighted by Gasteiger charge is 2.40. The SMILES string of the molecule is Clc1c(Cl)c(Cl)c([C](c2c(Cl)c(Cl)c(Cl)c(Cl)c2Cl)c2c(Cl)c(Cl)c(C#Cc3c(Cl)c(Cl)c(C(c4c(Cl)c(Cl)c(Cl)c(Cl)c4Cl)c4c(Cl)c(Cl)c(Cl)c(Cl)c4Cl)c(Cl)c3Cl)c(Cl)c2Cl)c(Cl)c1Cl. The monoisotopic (exact) mass is 1460 g/mol. The molecule has 0 aliphatic heterocycles. The molecule has 68 heavy (non-hydrogen) atoms. The van der Waals surface area contributed by atoms with Crippen LogP contribution in [0.1, 0.15) is 50.4 Å². The van der Waals surface area contributed by atoms with E-state index in [1.54, 1.807) is 0 Å². The van der Waals surface area contributed by atoms with Crippen LogP contribution < -0.4 is 0 Å². The third kappa shape index (κ3) is 10.3. The smallest absolute Gasteiger partial charge is 0.0809 e. The predicted octanol–water partition coefficient (Wildman–Crippen LogP) is 27.6. The molecule has 0 fully saturated rings. The van der Waals surface area contributed by atoms with Crippen LogP contribution in [0.5, 0.6) is 0 Å². The van der Waals surface area contributed by atoms with Crippen LogP contribution in [0.25, 0.3) is 0 Å². The Morgan fingerprint density at radius 3 is 0.559 bits per heavy atom. The van der Waals surface area contributed by atoms with Crippen molar-refractivity contribution in [3.8, 4) is 11.8 Å². The maximum atomic E-state index is 7.09. The summed E-state index contributed by atoms with van der Waals surface area (Å²) in [7, 11) is 0. The molecule has 0 nitrogen and oxygen atoms in total. The molecule has 1 radical (unpaired) electrons. The van der Waals surface area contributed by atoms with Crippen molar-refractivity contribution < 1.29 is 0 Å². The van der Waals surface area contributed by atoms with Gasteiger partial charge in [0.2, 0.25) is 0 Å². The molecule has 0 amide bonds. The summed E-state index contributed by atoms with van der Waals surface area (Å²) in [5.41, 5.74) is -1.34. The van der Waals surface area contributed by atoms with E-state index in [4.69, 9.17) is 325 Å². The molecule has 0 bridgehead atoms. The molecule has 6 aromatic carbocycles. The number of benzene rings is 6. The van der Waals surface area contributed by atoms with E-state index in [0.717, 1.165) is 0 Å². The minimum atomic E-state index is -1.48. The Balaban J connectivity index is 1.66. The summed E-state index contributed by atoms with van der Waals surface area (Å²) in [6.07, 6.45) is 0. The second-order valence-electron chi connectivity index (χ2n) is 13.0. The molecule has 0 saturated carbocycles. The van der Waals surface area contributed by atoms with E-state index in [1.165, 1.54) is 0 Å². The van der Waals surface area contributed by atoms with Gasteiger partial charge in [-0.2, -0.15) is 0 Å². The molecule has 0 aromatic heterocycles. The average Bonchev–Trinajstić information content (AvgIpc) is 3.30. The third-order valence-corrected chi connectivity index (χ3v) is 22.0. The lowest BCUT2D eigenvalue weighted by atomic mass is 9.84. The fourth-order valence-corrected chi connectivity index (χ4v) is 14.0. The second kappa shape index (κ2) is 23.5. The van der Waals surface area contributed by atoms with Crippen molar-refractivity contribution >= 4 is 325 Å². The Labute approximate surface area is 526 Å². The Morgan fingerprint density at radius 1 is 0.191 bits per heavy atom. The molecule has 0 heterocycles. The molecule has 0 saturated heterocycles. The molecule has 0 aliphatic rings. The first-order valence-corrected chi connectivity index (χ1v) is 27.2. The lowest BCUT2D eigenvalue weighted by molar-refractivity contribution is 0.978. The Bertz CT molecular complexity index is 2760. The summed E-state index contributed by atoms with van der Waals surface area (Å²) < 4.78 is 0. The second-order valence-corrected chi connectivity index (χ2v) is 23.5. The van der Waals surface area contributed by atoms with Crippen molar-refractivity contribution in [1.82, 2.24) is 0 Å². The van der Waals surface area contributed by atoms with Gasteiger partial charge in [0.05, 0.1) is 158 Å². The summed E-state index contributed by atoms with van der Waals surface area (Å²) in [5, 5.41) is -7.77. The summed E-state index contributed by atoms with van der Waals surface area (Å²) in [6.45, 7) is 0. The standard InChI is InChI=1S/C40HCl28/c41-13-3(14(42)18(46)7(17(13)45)5(9-21(49)29(57)37(65)30(58)22(9)50)10-23(51)31(59)38(66)32(60)24(10)52)1-2-4-15(43)19(47)8(20(48)16(4)44)6(11-25(53)33(61)39(67)34(62)26(11)54)12-27(55)35(63)40(68)36(64)28(12)56/h5H. The van der Waals surface area contributed by atoms with Gasteiger partial charge in [-0.05, 0) is 0 Å². The lowest BCUT2D eigenvalue weighted by Gasteiger charge is -2.28. The van der Waals surface area contributed by atoms with E-state index < -0.39 is 5.92 Å². The van der Waals surface area contributed by atoms with Crippen LogP contribution in [0.2, 0.25) is 141 Å². The van der Waals surface area contributed by atoms with E-state index in [0.29, 0.717) is 0 Å². The van der Waals surface area contributed by atoms with Crippen molar-refractivity contribution in [3.05, 3.63) is 191 Å². The molecule has 0 N–H and O–H groups in total. The van der Waals surface area contributed by atoms with Crippen LogP contribution in [0, 0.1) is 17.8 Å². The topological polar surface area (TPSA) is 0 Å². The normalized spacial score (nSPS) is 11.7. The van der Waals surface area contributed by atoms with Gasteiger partial charge < -0.3 is 0 Å². The van der Waals surface area contributed by atoms with E-state index in [2.05, 4.69) is 11.8 Å². The maximum Gasteiger partial charge on any atom is 0.0809 e. The molecule has 357 valence electrons. The van der Waals surface area contributed by atoms with Gasteiger partial charge in [0.1, 0.15) is 0 Å². The number of hydrogen-bond donors (Lipinski definition) is 0. The minimum Gasteiger partial charge on any atom is -0.0823 e. The zero-order valence-electron chi connectivity index (χ0n) is 30.7. The summed E-state index contributed by atoms with van der Waals surface area (Å²) in [5.74, 6) is 3.85. The van der Waals surface area contributed by atoms with Gasteiger partial charge in [-0.25, -0.2) is 0 Å². The predicted molar refractivity (Wildman–Crippen MR) is 306 cm³/mol. The van der Waals surface area contributed by atoms with Gasteiger partial charge in [-0.15, -0.1) is 0 Å². The molecule has 28 heteroatoms. The van der Waals surface area contributed by atoms with Crippen molar-refractivity contribution in [1.29, 1.82) is 0 Å². The Hall–Kier alpha value is 3.00. The van der Waals surface area contributed by atoms with Gasteiger partial charge in [-0.3, -0.25) is 0 Å². The molecule has 6 aromatic rings. The first-order valence-electron chi connectivity index (χ1n) is 16.7. The van der Waals surface area contributed by atoms with Gasteiger partial charge in [-0.1, -0.05) is 337 Å². The first-order chi connectivity index (χ1) is 31.5. The average molecular weight is 1470 g/mol. The summed E-state index contributed by atoms with van der Waals surface area (Å²) in [4.78, 5) is 0. The zero-order valence-corrected chi connectivity index (χ0v) is 51.8.